The Labute approximate surface area is 168 Å². The molecule has 0 aromatic rings. The average Bonchev–Trinajstić information content (AvgIpc) is 2.69. The Morgan fingerprint density at radius 3 is 0.926 bits per heavy atom. The summed E-state index contributed by atoms with van der Waals surface area (Å²) >= 11 is 0. The van der Waals surface area contributed by atoms with Gasteiger partial charge >= 0.3 is 0 Å². The molecule has 7 nitrogen and oxygen atoms in total. The van der Waals surface area contributed by atoms with E-state index < -0.39 is 0 Å². The second-order valence-corrected chi connectivity index (χ2v) is 7.39. The predicted molar refractivity (Wildman–Crippen MR) is 119 cm³/mol. The summed E-state index contributed by atoms with van der Waals surface area (Å²) in [5, 5.41) is 0. The Kier molecular flexibility index (Phi) is 20.2. The van der Waals surface area contributed by atoms with Gasteiger partial charge in [0.1, 0.15) is 0 Å². The molecular weight excluding hydrogens is 338 g/mol. The molecule has 0 atom stereocenters. The van der Waals surface area contributed by atoms with Crippen LogP contribution in [0.1, 0.15) is 45.4 Å². The van der Waals surface area contributed by atoms with E-state index in [9.17, 15) is 0 Å². The van der Waals surface area contributed by atoms with E-state index in [4.69, 9.17) is 22.9 Å². The van der Waals surface area contributed by atoms with Gasteiger partial charge in [-0.3, -0.25) is 0 Å². The third-order valence-electron chi connectivity index (χ3n) is 5.06. The standard InChI is InChI=1S/C20H49N7/c1-2-25(17-7-19-26(13-3-9-21)14-4-10-22)18-8-20-27(15-5-11-23)16-6-12-24/h2-24H2,1H3. The molecule has 0 saturated heterocycles. The molecule has 0 unspecified atom stereocenters. The Hall–Kier alpha value is -0.280. The molecule has 0 aromatic carbocycles. The summed E-state index contributed by atoms with van der Waals surface area (Å²) in [6, 6.07) is 0. The van der Waals surface area contributed by atoms with Gasteiger partial charge in [0.15, 0.2) is 0 Å². The molecule has 0 spiro atoms. The lowest BCUT2D eigenvalue weighted by atomic mass is 10.2. The maximum Gasteiger partial charge on any atom is -0.000653 e. The van der Waals surface area contributed by atoms with Gasteiger partial charge in [0.2, 0.25) is 0 Å². The Morgan fingerprint density at radius 1 is 0.407 bits per heavy atom. The third kappa shape index (κ3) is 16.4. The second-order valence-electron chi connectivity index (χ2n) is 7.39. The monoisotopic (exact) mass is 387 g/mol. The lowest BCUT2D eigenvalue weighted by Gasteiger charge is -2.26. The Bertz CT molecular complexity index is 250. The van der Waals surface area contributed by atoms with Gasteiger partial charge in [-0.15, -0.1) is 0 Å². The van der Waals surface area contributed by atoms with E-state index in [0.29, 0.717) is 0 Å². The normalized spacial score (nSPS) is 12.0. The first-order valence-electron chi connectivity index (χ1n) is 11.2. The summed E-state index contributed by atoms with van der Waals surface area (Å²) in [5.41, 5.74) is 22.7. The van der Waals surface area contributed by atoms with Gasteiger partial charge in [-0.1, -0.05) is 6.92 Å². The summed E-state index contributed by atoms with van der Waals surface area (Å²) in [6.45, 7) is 15.5. The molecule has 0 aromatic heterocycles. The van der Waals surface area contributed by atoms with Crippen LogP contribution in [0.25, 0.3) is 0 Å². The van der Waals surface area contributed by atoms with Crippen LogP contribution in [-0.4, -0.2) is 99.8 Å². The molecule has 164 valence electrons. The van der Waals surface area contributed by atoms with Gasteiger partial charge in [-0.05, 0) is 124 Å². The zero-order valence-electron chi connectivity index (χ0n) is 18.1. The highest BCUT2D eigenvalue weighted by Crippen LogP contribution is 2.02. The van der Waals surface area contributed by atoms with E-state index in [0.717, 1.165) is 97.7 Å². The van der Waals surface area contributed by atoms with Gasteiger partial charge in [0.25, 0.3) is 0 Å². The predicted octanol–water partition coefficient (Wildman–Crippen LogP) is 0.0877. The van der Waals surface area contributed by atoms with Crippen LogP contribution in [0.15, 0.2) is 0 Å². The molecule has 0 saturated carbocycles. The summed E-state index contributed by atoms with van der Waals surface area (Å²) < 4.78 is 0. The molecular formula is C20H49N7. The van der Waals surface area contributed by atoms with Crippen LogP contribution < -0.4 is 22.9 Å². The van der Waals surface area contributed by atoms with Crippen molar-refractivity contribution >= 4 is 0 Å². The minimum absolute atomic E-state index is 0.769. The van der Waals surface area contributed by atoms with Crippen molar-refractivity contribution in [2.75, 3.05) is 85.1 Å². The van der Waals surface area contributed by atoms with Crippen molar-refractivity contribution in [3.8, 4) is 0 Å². The SMILES string of the molecule is CCN(CCCN(CCCN)CCCN)CCCN(CCCN)CCCN. The van der Waals surface area contributed by atoms with Crippen molar-refractivity contribution in [1.82, 2.24) is 14.7 Å². The molecule has 0 bridgehead atoms. The minimum atomic E-state index is 0.769. The first-order valence-corrected chi connectivity index (χ1v) is 11.2. The molecule has 0 aliphatic carbocycles. The van der Waals surface area contributed by atoms with Gasteiger partial charge in [0, 0.05) is 0 Å². The molecule has 0 rings (SSSR count). The summed E-state index contributed by atoms with van der Waals surface area (Å²) in [4.78, 5) is 7.62. The highest BCUT2D eigenvalue weighted by molar-refractivity contribution is 4.65. The number of nitrogens with zero attached hydrogens (tertiary/aromatic N) is 3. The fourth-order valence-electron chi connectivity index (χ4n) is 3.39. The van der Waals surface area contributed by atoms with Crippen molar-refractivity contribution in [3.05, 3.63) is 0 Å². The number of rotatable bonds is 21. The molecule has 0 aliphatic rings. The zero-order chi connectivity index (χ0) is 20.2. The van der Waals surface area contributed by atoms with Crippen LogP contribution in [0, 0.1) is 0 Å². The molecule has 0 radical (unpaired) electrons. The fourth-order valence-corrected chi connectivity index (χ4v) is 3.39. The first-order chi connectivity index (χ1) is 13.2. The maximum atomic E-state index is 5.67. The van der Waals surface area contributed by atoms with E-state index in [1.165, 1.54) is 25.9 Å². The number of hydrogen-bond acceptors (Lipinski definition) is 7. The Morgan fingerprint density at radius 2 is 0.667 bits per heavy atom. The highest BCUT2D eigenvalue weighted by Gasteiger charge is 2.08. The van der Waals surface area contributed by atoms with Crippen molar-refractivity contribution in [2.45, 2.75) is 45.4 Å². The quantitative estimate of drug-likeness (QED) is 0.221. The number of hydrogen-bond donors (Lipinski definition) is 4. The van der Waals surface area contributed by atoms with Crippen LogP contribution in [0.3, 0.4) is 0 Å². The summed E-state index contributed by atoms with van der Waals surface area (Å²) in [6.07, 6.45) is 6.72. The lowest BCUT2D eigenvalue weighted by Crippen LogP contribution is -2.35. The Balaban J connectivity index is 4.08. The lowest BCUT2D eigenvalue weighted by molar-refractivity contribution is 0.211. The van der Waals surface area contributed by atoms with Gasteiger partial charge < -0.3 is 37.6 Å². The van der Waals surface area contributed by atoms with Crippen molar-refractivity contribution in [3.63, 3.8) is 0 Å². The van der Waals surface area contributed by atoms with Gasteiger partial charge in [-0.25, -0.2) is 0 Å². The average molecular weight is 388 g/mol. The van der Waals surface area contributed by atoms with E-state index in [-0.39, 0.29) is 0 Å². The highest BCUT2D eigenvalue weighted by atomic mass is 15.2. The minimum Gasteiger partial charge on any atom is -0.330 e. The molecule has 27 heavy (non-hydrogen) atoms. The molecule has 7 heteroatoms. The second kappa shape index (κ2) is 20.5. The van der Waals surface area contributed by atoms with Crippen molar-refractivity contribution in [2.24, 2.45) is 22.9 Å². The molecule has 0 fully saturated rings. The number of nitrogens with two attached hydrogens (primary N) is 4. The van der Waals surface area contributed by atoms with Crippen LogP contribution in [-0.2, 0) is 0 Å². The van der Waals surface area contributed by atoms with Crippen LogP contribution >= 0.6 is 0 Å². The van der Waals surface area contributed by atoms with E-state index in [1.807, 2.05) is 0 Å². The van der Waals surface area contributed by atoms with Crippen LogP contribution in [0.2, 0.25) is 0 Å². The topological polar surface area (TPSA) is 114 Å². The molecule has 8 N–H and O–H groups in total. The van der Waals surface area contributed by atoms with E-state index >= 15 is 0 Å². The summed E-state index contributed by atoms with van der Waals surface area (Å²) in [5.74, 6) is 0. The fraction of sp³-hybridized carbons (Fsp3) is 1.00. The first kappa shape index (κ1) is 26.7. The van der Waals surface area contributed by atoms with Crippen LogP contribution in [0.4, 0.5) is 0 Å². The maximum absolute atomic E-state index is 5.67. The van der Waals surface area contributed by atoms with Crippen molar-refractivity contribution in [1.29, 1.82) is 0 Å². The van der Waals surface area contributed by atoms with Crippen LogP contribution in [0.5, 0.6) is 0 Å². The van der Waals surface area contributed by atoms with Gasteiger partial charge in [0.05, 0.1) is 0 Å². The largest absolute Gasteiger partial charge is 0.330 e. The van der Waals surface area contributed by atoms with E-state index in [1.54, 1.807) is 0 Å². The summed E-state index contributed by atoms with van der Waals surface area (Å²) in [7, 11) is 0. The molecule has 0 heterocycles. The molecule has 0 aliphatic heterocycles. The third-order valence-corrected chi connectivity index (χ3v) is 5.06. The molecule has 0 amide bonds. The van der Waals surface area contributed by atoms with E-state index in [2.05, 4.69) is 21.6 Å². The zero-order valence-corrected chi connectivity index (χ0v) is 18.1. The van der Waals surface area contributed by atoms with Gasteiger partial charge in [-0.2, -0.15) is 0 Å². The van der Waals surface area contributed by atoms with Crippen molar-refractivity contribution < 1.29 is 0 Å². The smallest absolute Gasteiger partial charge is 0.000653 e.